The first kappa shape index (κ1) is 14.4. The number of carboxylic acids is 1. The molecule has 2 atom stereocenters. The minimum Gasteiger partial charge on any atom is -0.479 e. The molecule has 0 amide bonds. The highest BCUT2D eigenvalue weighted by molar-refractivity contribution is 5.74. The molecule has 1 rings (SSSR count). The molecule has 1 aliphatic heterocycles. The quantitative estimate of drug-likeness (QED) is 0.550. The molecule has 1 N–H and O–H groups in total. The summed E-state index contributed by atoms with van der Waals surface area (Å²) in [5.74, 6) is -0.991. The number of hydrogen-bond donors (Lipinski definition) is 1. The lowest BCUT2D eigenvalue weighted by molar-refractivity contribution is -0.394. The van der Waals surface area contributed by atoms with Crippen molar-refractivity contribution >= 4 is 5.97 Å². The zero-order chi connectivity index (χ0) is 12.7. The lowest BCUT2D eigenvalue weighted by atomic mass is 9.92. The van der Waals surface area contributed by atoms with Crippen LogP contribution in [0.3, 0.4) is 0 Å². The zero-order valence-electron chi connectivity index (χ0n) is 10.6. The number of rotatable bonds is 7. The normalized spacial score (nSPS) is 26.7. The second-order valence-corrected chi connectivity index (χ2v) is 4.62. The topological polar surface area (TPSA) is 65.0 Å². The number of hydrogen-bond acceptors (Lipinski definition) is 4. The van der Waals surface area contributed by atoms with E-state index in [2.05, 4.69) is 6.92 Å². The van der Waals surface area contributed by atoms with Gasteiger partial charge in [-0.1, -0.05) is 19.8 Å². The summed E-state index contributed by atoms with van der Waals surface area (Å²) in [6.45, 7) is 4.78. The van der Waals surface area contributed by atoms with Gasteiger partial charge < -0.3 is 9.84 Å². The zero-order valence-corrected chi connectivity index (χ0v) is 10.6. The maximum absolute atomic E-state index is 11.2. The van der Waals surface area contributed by atoms with Crippen LogP contribution in [-0.2, 0) is 19.3 Å². The molecule has 0 radical (unpaired) electrons. The van der Waals surface area contributed by atoms with Crippen molar-refractivity contribution in [3.63, 3.8) is 0 Å². The third-order valence-corrected chi connectivity index (χ3v) is 2.96. The van der Waals surface area contributed by atoms with Crippen molar-refractivity contribution in [1.82, 2.24) is 0 Å². The van der Waals surface area contributed by atoms with E-state index < -0.39 is 17.7 Å². The molecule has 0 saturated carbocycles. The van der Waals surface area contributed by atoms with E-state index in [0.29, 0.717) is 19.6 Å². The van der Waals surface area contributed by atoms with E-state index in [1.807, 2.05) is 0 Å². The van der Waals surface area contributed by atoms with E-state index in [0.717, 1.165) is 25.7 Å². The molecule has 5 heteroatoms. The molecule has 1 saturated heterocycles. The predicted octanol–water partition coefficient (Wildman–Crippen LogP) is 2.15. The van der Waals surface area contributed by atoms with Crippen LogP contribution in [0.15, 0.2) is 0 Å². The Balaban J connectivity index is 2.49. The summed E-state index contributed by atoms with van der Waals surface area (Å²) in [6.07, 6.45) is 3.46. The third-order valence-electron chi connectivity index (χ3n) is 2.96. The summed E-state index contributed by atoms with van der Waals surface area (Å²) >= 11 is 0. The van der Waals surface area contributed by atoms with E-state index in [4.69, 9.17) is 14.5 Å². The van der Waals surface area contributed by atoms with Gasteiger partial charge in [-0.15, -0.1) is 0 Å². The third kappa shape index (κ3) is 4.26. The van der Waals surface area contributed by atoms with Crippen LogP contribution in [0.25, 0.3) is 0 Å². The predicted molar refractivity (Wildman–Crippen MR) is 61.6 cm³/mol. The number of unbranched alkanes of at least 4 members (excludes halogenated alkanes) is 2. The fourth-order valence-corrected chi connectivity index (χ4v) is 1.94. The molecule has 2 unspecified atom stereocenters. The van der Waals surface area contributed by atoms with Crippen molar-refractivity contribution in [3.8, 4) is 0 Å². The molecule has 0 aromatic heterocycles. The van der Waals surface area contributed by atoms with Gasteiger partial charge in [0.25, 0.3) is 0 Å². The van der Waals surface area contributed by atoms with E-state index >= 15 is 0 Å². The highest BCUT2D eigenvalue weighted by atomic mass is 17.2. The average Bonchev–Trinajstić information content (AvgIpc) is 2.29. The Hall–Kier alpha value is -0.650. The van der Waals surface area contributed by atoms with Crippen LogP contribution in [0.4, 0.5) is 0 Å². The molecule has 1 aliphatic rings. The summed E-state index contributed by atoms with van der Waals surface area (Å²) in [5.41, 5.74) is -0.879. The summed E-state index contributed by atoms with van der Waals surface area (Å²) in [5, 5.41) is 9.19. The molecule has 0 aromatic rings. The molecule has 0 spiro atoms. The monoisotopic (exact) mass is 246 g/mol. The molecule has 5 nitrogen and oxygen atoms in total. The molecule has 0 bridgehead atoms. The standard InChI is InChI=1S/C12H22O5/c1-3-4-5-8-15-10(11(13)14)12(2)7-6-9-16-17-12/h10H,3-9H2,1-2H3,(H,13,14). The maximum Gasteiger partial charge on any atom is 0.335 e. The fraction of sp³-hybridized carbons (Fsp3) is 0.917. The van der Waals surface area contributed by atoms with Crippen LogP contribution in [0.2, 0.25) is 0 Å². The smallest absolute Gasteiger partial charge is 0.335 e. The van der Waals surface area contributed by atoms with Crippen LogP contribution >= 0.6 is 0 Å². The Morgan fingerprint density at radius 1 is 1.53 bits per heavy atom. The second kappa shape index (κ2) is 6.93. The molecule has 1 fully saturated rings. The van der Waals surface area contributed by atoms with Gasteiger partial charge in [0.05, 0.1) is 6.61 Å². The van der Waals surface area contributed by atoms with Crippen molar-refractivity contribution in [3.05, 3.63) is 0 Å². The summed E-state index contributed by atoms with van der Waals surface area (Å²) in [4.78, 5) is 21.2. The molecular formula is C12H22O5. The summed E-state index contributed by atoms with van der Waals surface area (Å²) in [6, 6.07) is 0. The van der Waals surface area contributed by atoms with Gasteiger partial charge in [-0.3, -0.25) is 0 Å². The number of carbonyl (C=O) groups is 1. The lowest BCUT2D eigenvalue weighted by Gasteiger charge is -2.36. The summed E-state index contributed by atoms with van der Waals surface area (Å²) < 4.78 is 5.44. The number of aliphatic carboxylic acids is 1. The number of ether oxygens (including phenoxy) is 1. The van der Waals surface area contributed by atoms with Crippen molar-refractivity contribution in [1.29, 1.82) is 0 Å². The first-order chi connectivity index (χ1) is 8.10. The van der Waals surface area contributed by atoms with Gasteiger partial charge in [-0.2, -0.15) is 0 Å². The van der Waals surface area contributed by atoms with Gasteiger partial charge in [0.2, 0.25) is 0 Å². The van der Waals surface area contributed by atoms with Crippen molar-refractivity contribution in [2.45, 2.75) is 57.7 Å². The van der Waals surface area contributed by atoms with Crippen LogP contribution in [0, 0.1) is 0 Å². The van der Waals surface area contributed by atoms with Crippen molar-refractivity contribution in [2.24, 2.45) is 0 Å². The first-order valence-corrected chi connectivity index (χ1v) is 6.25. The molecular weight excluding hydrogens is 224 g/mol. The maximum atomic E-state index is 11.2. The van der Waals surface area contributed by atoms with Crippen LogP contribution in [0.1, 0.15) is 46.0 Å². The minimum absolute atomic E-state index is 0.448. The Morgan fingerprint density at radius 2 is 2.29 bits per heavy atom. The van der Waals surface area contributed by atoms with Crippen molar-refractivity contribution < 1.29 is 24.4 Å². The minimum atomic E-state index is -0.991. The van der Waals surface area contributed by atoms with E-state index in [-0.39, 0.29) is 0 Å². The molecule has 0 aliphatic carbocycles. The summed E-state index contributed by atoms with van der Waals surface area (Å²) in [7, 11) is 0. The van der Waals surface area contributed by atoms with Crippen molar-refractivity contribution in [2.75, 3.05) is 13.2 Å². The average molecular weight is 246 g/mol. The van der Waals surface area contributed by atoms with Gasteiger partial charge in [-0.25, -0.2) is 14.6 Å². The fourth-order valence-electron chi connectivity index (χ4n) is 1.94. The highest BCUT2D eigenvalue weighted by Crippen LogP contribution is 2.29. The second-order valence-electron chi connectivity index (χ2n) is 4.62. The van der Waals surface area contributed by atoms with Crippen LogP contribution in [0.5, 0.6) is 0 Å². The largest absolute Gasteiger partial charge is 0.479 e. The van der Waals surface area contributed by atoms with E-state index in [1.54, 1.807) is 6.92 Å². The molecule has 0 aromatic carbocycles. The molecule has 17 heavy (non-hydrogen) atoms. The van der Waals surface area contributed by atoms with E-state index in [1.165, 1.54) is 0 Å². The number of carboxylic acid groups (broad SMARTS) is 1. The molecule has 1 heterocycles. The van der Waals surface area contributed by atoms with Gasteiger partial charge in [0, 0.05) is 6.61 Å². The van der Waals surface area contributed by atoms with Gasteiger partial charge >= 0.3 is 5.97 Å². The molecule has 100 valence electrons. The van der Waals surface area contributed by atoms with Gasteiger partial charge in [0.15, 0.2) is 6.10 Å². The highest BCUT2D eigenvalue weighted by Gasteiger charge is 2.44. The SMILES string of the molecule is CCCCCOC(C(=O)O)C1(C)CCCOO1. The lowest BCUT2D eigenvalue weighted by Crippen LogP contribution is -2.50. The van der Waals surface area contributed by atoms with Crippen LogP contribution in [-0.4, -0.2) is 36.0 Å². The van der Waals surface area contributed by atoms with E-state index in [9.17, 15) is 9.90 Å². The Labute approximate surface area is 102 Å². The first-order valence-electron chi connectivity index (χ1n) is 6.25. The van der Waals surface area contributed by atoms with Gasteiger partial charge in [0.1, 0.15) is 5.60 Å². The van der Waals surface area contributed by atoms with Crippen LogP contribution < -0.4 is 0 Å². The Bertz CT molecular complexity index is 235. The Kier molecular flexibility index (Phi) is 5.88. The Morgan fingerprint density at radius 3 is 2.82 bits per heavy atom. The van der Waals surface area contributed by atoms with Gasteiger partial charge in [-0.05, 0) is 26.2 Å².